The molecule has 6 heteroatoms. The Morgan fingerprint density at radius 3 is 3.00 bits per heavy atom. The molecule has 0 saturated heterocycles. The number of nitrogens with one attached hydrogen (secondary N) is 1. The number of nitrogens with zero attached hydrogens (tertiary/aromatic N) is 1. The van der Waals surface area contributed by atoms with Crippen molar-refractivity contribution in [1.29, 1.82) is 0 Å². The minimum atomic E-state index is -0.0495. The fraction of sp³-hybridized carbons (Fsp3) is 0.389. The molecule has 1 atom stereocenters. The summed E-state index contributed by atoms with van der Waals surface area (Å²) >= 11 is 1.65. The van der Waals surface area contributed by atoms with E-state index in [2.05, 4.69) is 5.32 Å². The third-order valence-corrected chi connectivity index (χ3v) is 5.11. The van der Waals surface area contributed by atoms with E-state index in [1.165, 1.54) is 0 Å². The van der Waals surface area contributed by atoms with E-state index in [9.17, 15) is 4.79 Å². The average molecular weight is 346 g/mol. The minimum Gasteiger partial charge on any atom is -0.493 e. The molecule has 0 unspecified atom stereocenters. The van der Waals surface area contributed by atoms with Crippen LogP contribution >= 0.6 is 11.3 Å². The number of ether oxygens (including phenoxy) is 2. The molecule has 1 aliphatic rings. The van der Waals surface area contributed by atoms with Crippen molar-refractivity contribution in [3.05, 3.63) is 46.2 Å². The number of hydrogen-bond acceptors (Lipinski definition) is 4. The molecule has 128 valence electrons. The molecule has 2 aromatic rings. The van der Waals surface area contributed by atoms with Gasteiger partial charge in [0.15, 0.2) is 11.5 Å². The molecule has 0 saturated carbocycles. The van der Waals surface area contributed by atoms with Crippen molar-refractivity contribution in [2.75, 3.05) is 20.3 Å². The number of para-hydroxylation sites is 1. The predicted octanol–water partition coefficient (Wildman–Crippen LogP) is 3.81. The maximum atomic E-state index is 12.7. The number of amides is 2. The molecule has 0 bridgehead atoms. The molecular formula is C18H22N2O3S. The Labute approximate surface area is 146 Å². The SMILES string of the molecule is COc1cccc2c1OCCCN(C(=O)N[C@H](C)c1cccs1)C2. The van der Waals surface area contributed by atoms with Crippen LogP contribution in [0.4, 0.5) is 4.79 Å². The third kappa shape index (κ3) is 3.64. The number of methoxy groups -OCH3 is 1. The Morgan fingerprint density at radius 2 is 2.25 bits per heavy atom. The Hall–Kier alpha value is -2.21. The van der Waals surface area contributed by atoms with Crippen LogP contribution in [0.5, 0.6) is 11.5 Å². The first-order chi connectivity index (χ1) is 11.7. The van der Waals surface area contributed by atoms with Crippen LogP contribution in [0.2, 0.25) is 0 Å². The predicted molar refractivity (Wildman–Crippen MR) is 94.8 cm³/mol. The van der Waals surface area contributed by atoms with Crippen LogP contribution in [0.15, 0.2) is 35.7 Å². The van der Waals surface area contributed by atoms with Gasteiger partial charge in [-0.05, 0) is 30.9 Å². The summed E-state index contributed by atoms with van der Waals surface area (Å²) in [6, 6.07) is 9.77. The zero-order chi connectivity index (χ0) is 16.9. The largest absolute Gasteiger partial charge is 0.493 e. The number of thiophene rings is 1. The number of fused-ring (bicyclic) bond motifs is 1. The van der Waals surface area contributed by atoms with Crippen LogP contribution in [0, 0.1) is 0 Å². The summed E-state index contributed by atoms with van der Waals surface area (Å²) in [6.07, 6.45) is 0.790. The topological polar surface area (TPSA) is 50.8 Å². The lowest BCUT2D eigenvalue weighted by molar-refractivity contribution is 0.177. The van der Waals surface area contributed by atoms with Gasteiger partial charge in [-0.2, -0.15) is 0 Å². The van der Waals surface area contributed by atoms with Crippen LogP contribution in [-0.4, -0.2) is 31.2 Å². The molecule has 1 aliphatic heterocycles. The first-order valence-electron chi connectivity index (χ1n) is 8.06. The molecule has 2 heterocycles. The molecule has 1 aromatic carbocycles. The molecule has 1 aromatic heterocycles. The normalized spacial score (nSPS) is 15.5. The summed E-state index contributed by atoms with van der Waals surface area (Å²) in [4.78, 5) is 15.7. The number of urea groups is 1. The van der Waals surface area contributed by atoms with Gasteiger partial charge < -0.3 is 19.7 Å². The summed E-state index contributed by atoms with van der Waals surface area (Å²) in [5.41, 5.74) is 0.966. The summed E-state index contributed by atoms with van der Waals surface area (Å²) in [5, 5.41) is 5.11. The van der Waals surface area contributed by atoms with Gasteiger partial charge in [-0.15, -0.1) is 11.3 Å². The maximum Gasteiger partial charge on any atom is 0.318 e. The fourth-order valence-electron chi connectivity index (χ4n) is 2.78. The molecule has 0 spiro atoms. The highest BCUT2D eigenvalue weighted by atomic mass is 32.1. The minimum absolute atomic E-state index is 0.00368. The third-order valence-electron chi connectivity index (χ3n) is 4.06. The van der Waals surface area contributed by atoms with Gasteiger partial charge in [0.05, 0.1) is 26.3 Å². The van der Waals surface area contributed by atoms with Crippen LogP contribution in [-0.2, 0) is 6.54 Å². The van der Waals surface area contributed by atoms with Crippen LogP contribution in [0.3, 0.4) is 0 Å². The molecule has 3 rings (SSSR count). The van der Waals surface area contributed by atoms with Crippen molar-refractivity contribution in [3.8, 4) is 11.5 Å². The highest BCUT2D eigenvalue weighted by Gasteiger charge is 2.22. The summed E-state index contributed by atoms with van der Waals surface area (Å²) < 4.78 is 11.2. The fourth-order valence-corrected chi connectivity index (χ4v) is 3.52. The van der Waals surface area contributed by atoms with E-state index in [0.29, 0.717) is 25.4 Å². The summed E-state index contributed by atoms with van der Waals surface area (Å²) in [7, 11) is 1.63. The molecular weight excluding hydrogens is 324 g/mol. The van der Waals surface area contributed by atoms with E-state index in [-0.39, 0.29) is 12.1 Å². The maximum absolute atomic E-state index is 12.7. The van der Waals surface area contributed by atoms with Gasteiger partial charge in [-0.3, -0.25) is 0 Å². The number of carbonyl (C=O) groups is 1. The molecule has 0 fully saturated rings. The van der Waals surface area contributed by atoms with Crippen molar-refractivity contribution in [3.63, 3.8) is 0 Å². The van der Waals surface area contributed by atoms with Gasteiger partial charge >= 0.3 is 6.03 Å². The second-order valence-corrected chi connectivity index (χ2v) is 6.74. The first kappa shape index (κ1) is 16.6. The Bertz CT molecular complexity index is 688. The van der Waals surface area contributed by atoms with Gasteiger partial charge in [0.25, 0.3) is 0 Å². The van der Waals surface area contributed by atoms with Gasteiger partial charge in [-0.25, -0.2) is 4.79 Å². The number of benzene rings is 1. The molecule has 5 nitrogen and oxygen atoms in total. The summed E-state index contributed by atoms with van der Waals surface area (Å²) in [5.74, 6) is 1.45. The zero-order valence-electron chi connectivity index (χ0n) is 14.0. The Balaban J connectivity index is 1.74. The van der Waals surface area contributed by atoms with Crippen molar-refractivity contribution >= 4 is 17.4 Å². The van der Waals surface area contributed by atoms with Crippen LogP contribution < -0.4 is 14.8 Å². The molecule has 0 aliphatic carbocycles. The lowest BCUT2D eigenvalue weighted by Crippen LogP contribution is -2.42. The monoisotopic (exact) mass is 346 g/mol. The van der Waals surface area contributed by atoms with E-state index >= 15 is 0 Å². The van der Waals surface area contributed by atoms with Crippen molar-refractivity contribution in [1.82, 2.24) is 10.2 Å². The zero-order valence-corrected chi connectivity index (χ0v) is 14.8. The lowest BCUT2D eigenvalue weighted by Gasteiger charge is -2.28. The first-order valence-corrected chi connectivity index (χ1v) is 8.94. The number of hydrogen-bond donors (Lipinski definition) is 1. The van der Waals surface area contributed by atoms with Crippen molar-refractivity contribution in [2.24, 2.45) is 0 Å². The quantitative estimate of drug-likeness (QED) is 0.919. The van der Waals surface area contributed by atoms with Gasteiger partial charge in [0.1, 0.15) is 0 Å². The highest BCUT2D eigenvalue weighted by molar-refractivity contribution is 7.10. The standard InChI is InChI=1S/C18H22N2O3S/c1-13(16-8-4-11-24-16)19-18(21)20-9-5-10-23-17-14(12-20)6-3-7-15(17)22-2/h3-4,6-8,11,13H,5,9-10,12H2,1-2H3,(H,19,21)/t13-/m1/s1. The van der Waals surface area contributed by atoms with Gasteiger partial charge in [0.2, 0.25) is 0 Å². The highest BCUT2D eigenvalue weighted by Crippen LogP contribution is 2.33. The van der Waals surface area contributed by atoms with Crippen LogP contribution in [0.1, 0.15) is 29.8 Å². The second kappa shape index (κ2) is 7.57. The number of rotatable bonds is 3. The molecule has 24 heavy (non-hydrogen) atoms. The van der Waals surface area contributed by atoms with Gasteiger partial charge in [0, 0.05) is 17.0 Å². The second-order valence-electron chi connectivity index (χ2n) is 5.76. The van der Waals surface area contributed by atoms with E-state index in [0.717, 1.165) is 22.6 Å². The van der Waals surface area contributed by atoms with Crippen molar-refractivity contribution in [2.45, 2.75) is 25.9 Å². The lowest BCUT2D eigenvalue weighted by atomic mass is 10.1. The molecule has 0 radical (unpaired) electrons. The van der Waals surface area contributed by atoms with Crippen LogP contribution in [0.25, 0.3) is 0 Å². The van der Waals surface area contributed by atoms with E-state index in [1.807, 2.05) is 47.5 Å². The average Bonchev–Trinajstić information content (AvgIpc) is 3.09. The smallest absolute Gasteiger partial charge is 0.318 e. The van der Waals surface area contributed by atoms with E-state index in [4.69, 9.17) is 9.47 Å². The Kier molecular flexibility index (Phi) is 5.25. The molecule has 2 amide bonds. The van der Waals surface area contributed by atoms with E-state index in [1.54, 1.807) is 18.4 Å². The number of carbonyl (C=O) groups excluding carboxylic acids is 1. The van der Waals surface area contributed by atoms with E-state index < -0.39 is 0 Å². The van der Waals surface area contributed by atoms with Gasteiger partial charge in [-0.1, -0.05) is 18.2 Å². The van der Waals surface area contributed by atoms with Crippen molar-refractivity contribution < 1.29 is 14.3 Å². The summed E-state index contributed by atoms with van der Waals surface area (Å²) in [6.45, 7) is 3.75. The molecule has 1 N–H and O–H groups in total. The Morgan fingerprint density at radius 1 is 1.38 bits per heavy atom.